The molecular formula is C15H10N4OS. The normalized spacial score (nSPS) is 11.0. The molecule has 2 aromatic heterocycles. The Balaban J connectivity index is 1.76. The molecule has 0 spiro atoms. The molecule has 2 N–H and O–H groups in total. The average molecular weight is 294 g/mol. The van der Waals surface area contributed by atoms with Gasteiger partial charge >= 0.3 is 0 Å². The SMILES string of the molecule is Oc1nc(Nc2nc3ccccc3s2)nc2ccccc12. The van der Waals surface area contributed by atoms with E-state index in [0.717, 1.165) is 10.2 Å². The number of hydrogen-bond acceptors (Lipinski definition) is 6. The highest BCUT2D eigenvalue weighted by atomic mass is 32.1. The molecule has 0 saturated carbocycles. The van der Waals surface area contributed by atoms with Crippen LogP contribution in [0, 0.1) is 0 Å². The van der Waals surface area contributed by atoms with Crippen LogP contribution in [0.3, 0.4) is 0 Å². The van der Waals surface area contributed by atoms with Gasteiger partial charge in [-0.25, -0.2) is 9.97 Å². The Bertz CT molecular complexity index is 918. The van der Waals surface area contributed by atoms with Crippen LogP contribution >= 0.6 is 11.3 Å². The van der Waals surface area contributed by atoms with Crippen molar-refractivity contribution in [3.05, 3.63) is 48.5 Å². The number of thiazole rings is 1. The van der Waals surface area contributed by atoms with Crippen molar-refractivity contribution in [1.82, 2.24) is 15.0 Å². The lowest BCUT2D eigenvalue weighted by atomic mass is 10.2. The van der Waals surface area contributed by atoms with Crippen molar-refractivity contribution in [3.63, 3.8) is 0 Å². The predicted octanol–water partition coefficient (Wildman–Crippen LogP) is 3.69. The number of aromatic nitrogens is 3. The van der Waals surface area contributed by atoms with Crippen molar-refractivity contribution in [2.75, 3.05) is 5.32 Å². The summed E-state index contributed by atoms with van der Waals surface area (Å²) in [5.41, 5.74) is 1.61. The lowest BCUT2D eigenvalue weighted by Gasteiger charge is -2.04. The van der Waals surface area contributed by atoms with E-state index in [2.05, 4.69) is 20.3 Å². The first-order chi connectivity index (χ1) is 10.3. The highest BCUT2D eigenvalue weighted by Crippen LogP contribution is 2.28. The number of aromatic hydroxyl groups is 1. The minimum absolute atomic E-state index is 0.0378. The highest BCUT2D eigenvalue weighted by Gasteiger charge is 2.08. The first-order valence-corrected chi connectivity index (χ1v) is 7.19. The van der Waals surface area contributed by atoms with E-state index in [4.69, 9.17) is 0 Å². The van der Waals surface area contributed by atoms with Gasteiger partial charge in [-0.1, -0.05) is 35.6 Å². The summed E-state index contributed by atoms with van der Waals surface area (Å²) < 4.78 is 1.09. The van der Waals surface area contributed by atoms with Crippen LogP contribution in [0.1, 0.15) is 0 Å². The summed E-state index contributed by atoms with van der Waals surface area (Å²) in [6, 6.07) is 15.2. The molecule has 4 aromatic rings. The van der Waals surface area contributed by atoms with Gasteiger partial charge in [-0.3, -0.25) is 5.32 Å². The fourth-order valence-corrected chi connectivity index (χ4v) is 3.00. The van der Waals surface area contributed by atoms with Gasteiger partial charge in [-0.05, 0) is 24.3 Å². The van der Waals surface area contributed by atoms with Crippen molar-refractivity contribution in [3.8, 4) is 5.88 Å². The summed E-state index contributed by atoms with van der Waals surface area (Å²) in [6.07, 6.45) is 0. The summed E-state index contributed by atoms with van der Waals surface area (Å²) in [5, 5.41) is 14.3. The fourth-order valence-electron chi connectivity index (χ4n) is 2.14. The van der Waals surface area contributed by atoms with Gasteiger partial charge in [0.1, 0.15) is 0 Å². The molecule has 5 nitrogen and oxygen atoms in total. The molecule has 0 radical (unpaired) electrons. The molecule has 102 valence electrons. The second-order valence-corrected chi connectivity index (χ2v) is 5.53. The molecule has 0 bridgehead atoms. The molecule has 0 unspecified atom stereocenters. The smallest absolute Gasteiger partial charge is 0.232 e. The largest absolute Gasteiger partial charge is 0.493 e. The van der Waals surface area contributed by atoms with Crippen molar-refractivity contribution < 1.29 is 5.11 Å². The van der Waals surface area contributed by atoms with E-state index in [1.165, 1.54) is 11.3 Å². The van der Waals surface area contributed by atoms with Crippen LogP contribution in [0.25, 0.3) is 21.1 Å². The molecule has 6 heteroatoms. The number of fused-ring (bicyclic) bond motifs is 2. The predicted molar refractivity (Wildman–Crippen MR) is 84.1 cm³/mol. The Labute approximate surface area is 123 Å². The Hall–Kier alpha value is -2.73. The summed E-state index contributed by atoms with van der Waals surface area (Å²) in [6.45, 7) is 0. The van der Waals surface area contributed by atoms with Crippen LogP contribution in [0.5, 0.6) is 5.88 Å². The third kappa shape index (κ3) is 2.15. The zero-order chi connectivity index (χ0) is 14.2. The van der Waals surface area contributed by atoms with Crippen molar-refractivity contribution >= 4 is 43.5 Å². The van der Waals surface area contributed by atoms with Gasteiger partial charge < -0.3 is 5.11 Å². The lowest BCUT2D eigenvalue weighted by Crippen LogP contribution is -1.97. The summed E-state index contributed by atoms with van der Waals surface area (Å²) in [7, 11) is 0. The first-order valence-electron chi connectivity index (χ1n) is 6.38. The summed E-state index contributed by atoms with van der Waals surface area (Å²) >= 11 is 1.52. The van der Waals surface area contributed by atoms with Crippen LogP contribution in [0.4, 0.5) is 11.1 Å². The van der Waals surface area contributed by atoms with Crippen LogP contribution in [-0.4, -0.2) is 20.1 Å². The Kier molecular flexibility index (Phi) is 2.68. The molecule has 0 aliphatic heterocycles. The quantitative estimate of drug-likeness (QED) is 0.590. The van der Waals surface area contributed by atoms with Gasteiger partial charge in [-0.2, -0.15) is 4.98 Å². The van der Waals surface area contributed by atoms with Crippen molar-refractivity contribution in [2.45, 2.75) is 0 Å². The molecule has 0 atom stereocenters. The molecule has 21 heavy (non-hydrogen) atoms. The fraction of sp³-hybridized carbons (Fsp3) is 0. The zero-order valence-electron chi connectivity index (χ0n) is 10.8. The van der Waals surface area contributed by atoms with E-state index in [1.54, 1.807) is 6.07 Å². The molecule has 0 aliphatic carbocycles. The third-order valence-corrected chi connectivity index (χ3v) is 4.05. The maximum atomic E-state index is 9.96. The molecular weight excluding hydrogens is 284 g/mol. The third-order valence-electron chi connectivity index (χ3n) is 3.10. The topological polar surface area (TPSA) is 70.9 Å². The van der Waals surface area contributed by atoms with Gasteiger partial charge in [0.2, 0.25) is 11.8 Å². The minimum Gasteiger partial charge on any atom is -0.493 e. The molecule has 2 heterocycles. The van der Waals surface area contributed by atoms with Crippen LogP contribution in [0.2, 0.25) is 0 Å². The second kappa shape index (κ2) is 4.68. The number of benzene rings is 2. The molecule has 4 rings (SSSR count). The Morgan fingerprint density at radius 1 is 0.857 bits per heavy atom. The number of rotatable bonds is 2. The number of anilines is 2. The van der Waals surface area contributed by atoms with Crippen LogP contribution < -0.4 is 5.32 Å². The van der Waals surface area contributed by atoms with Crippen LogP contribution in [0.15, 0.2) is 48.5 Å². The number of nitrogens with one attached hydrogen (secondary N) is 1. The monoisotopic (exact) mass is 294 g/mol. The van der Waals surface area contributed by atoms with E-state index >= 15 is 0 Å². The van der Waals surface area contributed by atoms with Gasteiger partial charge in [0.15, 0.2) is 5.13 Å². The van der Waals surface area contributed by atoms with E-state index in [-0.39, 0.29) is 5.88 Å². The van der Waals surface area contributed by atoms with Gasteiger partial charge in [0.25, 0.3) is 0 Å². The van der Waals surface area contributed by atoms with E-state index < -0.39 is 0 Å². The molecule has 0 amide bonds. The van der Waals surface area contributed by atoms with Crippen LogP contribution in [-0.2, 0) is 0 Å². The summed E-state index contributed by atoms with van der Waals surface area (Å²) in [5.74, 6) is 0.300. The van der Waals surface area contributed by atoms with E-state index in [1.807, 2.05) is 42.5 Å². The Morgan fingerprint density at radius 3 is 2.48 bits per heavy atom. The van der Waals surface area contributed by atoms with E-state index in [9.17, 15) is 5.11 Å². The van der Waals surface area contributed by atoms with Gasteiger partial charge in [-0.15, -0.1) is 0 Å². The standard InChI is InChI=1S/C15H10N4OS/c20-13-9-5-1-2-6-10(9)16-14(18-13)19-15-17-11-7-3-4-8-12(11)21-15/h1-8H,(H2,16,17,18,19,20). The Morgan fingerprint density at radius 2 is 1.62 bits per heavy atom. The maximum Gasteiger partial charge on any atom is 0.232 e. The molecule has 2 aromatic carbocycles. The van der Waals surface area contributed by atoms with E-state index in [0.29, 0.717) is 22.0 Å². The number of para-hydroxylation sites is 2. The first kappa shape index (κ1) is 12.0. The van der Waals surface area contributed by atoms with Gasteiger partial charge in [0, 0.05) is 0 Å². The number of hydrogen-bond donors (Lipinski definition) is 2. The van der Waals surface area contributed by atoms with Crippen molar-refractivity contribution in [2.24, 2.45) is 0 Å². The molecule has 0 aliphatic rings. The van der Waals surface area contributed by atoms with Crippen molar-refractivity contribution in [1.29, 1.82) is 0 Å². The zero-order valence-corrected chi connectivity index (χ0v) is 11.6. The lowest BCUT2D eigenvalue weighted by molar-refractivity contribution is 0.460. The summed E-state index contributed by atoms with van der Waals surface area (Å²) in [4.78, 5) is 12.9. The molecule has 0 fully saturated rings. The maximum absolute atomic E-state index is 9.96. The van der Waals surface area contributed by atoms with Gasteiger partial charge in [0.05, 0.1) is 21.1 Å². The average Bonchev–Trinajstić information content (AvgIpc) is 2.89. The molecule has 0 saturated heterocycles. The highest BCUT2D eigenvalue weighted by molar-refractivity contribution is 7.22. The second-order valence-electron chi connectivity index (χ2n) is 4.50. The number of nitrogens with zero attached hydrogens (tertiary/aromatic N) is 3. The minimum atomic E-state index is -0.0378.